The first kappa shape index (κ1) is 22.0. The van der Waals surface area contributed by atoms with Gasteiger partial charge in [-0.05, 0) is 47.4 Å². The van der Waals surface area contributed by atoms with Crippen molar-refractivity contribution in [2.24, 2.45) is 0 Å². The monoisotopic (exact) mass is 477 g/mol. The second-order valence-corrected chi connectivity index (χ2v) is 11.2. The lowest BCUT2D eigenvalue weighted by molar-refractivity contribution is -0.140. The number of carbonyl (C=O) groups is 1. The second-order valence-electron chi connectivity index (χ2n) is 7.77. The van der Waals surface area contributed by atoms with Crippen LogP contribution in [0.15, 0.2) is 64.9 Å². The Bertz CT molecular complexity index is 1260. The minimum absolute atomic E-state index is 0.0194. The highest BCUT2D eigenvalue weighted by molar-refractivity contribution is 7.91. The van der Waals surface area contributed by atoms with Gasteiger partial charge in [0.2, 0.25) is 0 Å². The summed E-state index contributed by atoms with van der Waals surface area (Å²) in [5, 5.41) is 19.8. The van der Waals surface area contributed by atoms with Crippen molar-refractivity contribution in [1.82, 2.24) is 4.72 Å². The van der Waals surface area contributed by atoms with Crippen LogP contribution >= 0.6 is 22.9 Å². The number of hydrogen-bond donors (Lipinski definition) is 3. The average Bonchev–Trinajstić information content (AvgIpc) is 3.11. The average molecular weight is 478 g/mol. The molecule has 1 aliphatic rings. The molecule has 1 saturated carbocycles. The lowest BCUT2D eigenvalue weighted by Gasteiger charge is -2.20. The van der Waals surface area contributed by atoms with Gasteiger partial charge in [-0.25, -0.2) is 8.42 Å². The third-order valence-corrected chi connectivity index (χ3v) is 9.36. The molecule has 6 nitrogen and oxygen atoms in total. The van der Waals surface area contributed by atoms with E-state index < -0.39 is 26.9 Å². The van der Waals surface area contributed by atoms with E-state index in [1.54, 1.807) is 43.3 Å². The molecular weight excluding hydrogens is 458 g/mol. The molecule has 0 radical (unpaired) electrons. The molecule has 4 rings (SSSR count). The van der Waals surface area contributed by atoms with Gasteiger partial charge in [-0.15, -0.1) is 11.3 Å². The van der Waals surface area contributed by atoms with Gasteiger partial charge in [-0.1, -0.05) is 54.9 Å². The largest absolute Gasteiger partial charge is 0.480 e. The summed E-state index contributed by atoms with van der Waals surface area (Å²) >= 11 is 7.06. The van der Waals surface area contributed by atoms with Crippen molar-refractivity contribution in [3.8, 4) is 10.4 Å². The van der Waals surface area contributed by atoms with Gasteiger partial charge in [0, 0.05) is 15.3 Å². The molecular formula is C22H20ClNO5S2. The Morgan fingerprint density at radius 1 is 1.16 bits per heavy atom. The molecule has 0 saturated heterocycles. The summed E-state index contributed by atoms with van der Waals surface area (Å²) in [7, 11) is -4.08. The minimum Gasteiger partial charge on any atom is -0.480 e. The van der Waals surface area contributed by atoms with E-state index in [1.165, 1.54) is 6.07 Å². The SMILES string of the molecule is C[C@]1(c2ccccc2)C[C@@]1(NS(=O)(=O)c1ccc(-c2ccc(Cl)c(CO)c2)s1)C(=O)O. The Balaban J connectivity index is 1.65. The fraction of sp³-hybridized carbons (Fsp3) is 0.227. The molecule has 1 heterocycles. The summed E-state index contributed by atoms with van der Waals surface area (Å²) in [6.45, 7) is 1.52. The van der Waals surface area contributed by atoms with Gasteiger partial charge in [-0.2, -0.15) is 4.72 Å². The van der Waals surface area contributed by atoms with Crippen LogP contribution < -0.4 is 4.72 Å². The predicted molar refractivity (Wildman–Crippen MR) is 120 cm³/mol. The number of aliphatic hydroxyl groups is 1. The number of hydrogen-bond acceptors (Lipinski definition) is 5. The first-order valence-corrected chi connectivity index (χ1v) is 12.1. The molecule has 0 spiro atoms. The van der Waals surface area contributed by atoms with E-state index in [-0.39, 0.29) is 17.2 Å². The molecule has 3 aromatic rings. The number of sulfonamides is 1. The molecule has 2 atom stereocenters. The highest BCUT2D eigenvalue weighted by Gasteiger charge is 2.72. The summed E-state index contributed by atoms with van der Waals surface area (Å²) < 4.78 is 28.7. The van der Waals surface area contributed by atoms with Crippen molar-refractivity contribution in [2.45, 2.75) is 35.1 Å². The third-order valence-electron chi connectivity index (χ3n) is 5.87. The van der Waals surface area contributed by atoms with E-state index in [0.29, 0.717) is 21.0 Å². The fourth-order valence-electron chi connectivity index (χ4n) is 3.89. The van der Waals surface area contributed by atoms with E-state index in [2.05, 4.69) is 4.72 Å². The van der Waals surface area contributed by atoms with Crippen molar-refractivity contribution in [2.75, 3.05) is 0 Å². The zero-order valence-corrected chi connectivity index (χ0v) is 18.9. The van der Waals surface area contributed by atoms with Crippen LogP contribution in [-0.2, 0) is 26.8 Å². The quantitative estimate of drug-likeness (QED) is 0.476. The van der Waals surface area contributed by atoms with Crippen LogP contribution in [0.2, 0.25) is 5.02 Å². The van der Waals surface area contributed by atoms with E-state index in [0.717, 1.165) is 16.9 Å². The molecule has 0 unspecified atom stereocenters. The second kappa shape index (κ2) is 7.72. The number of thiophene rings is 1. The smallest absolute Gasteiger partial charge is 0.325 e. The lowest BCUT2D eigenvalue weighted by atomic mass is 9.93. The number of carboxylic acid groups (broad SMARTS) is 1. The van der Waals surface area contributed by atoms with Gasteiger partial charge in [0.1, 0.15) is 9.75 Å². The number of aliphatic hydroxyl groups excluding tert-OH is 1. The summed E-state index contributed by atoms with van der Waals surface area (Å²) in [6.07, 6.45) is 0.161. The van der Waals surface area contributed by atoms with Gasteiger partial charge in [-0.3, -0.25) is 4.79 Å². The Hall–Kier alpha value is -2.23. The van der Waals surface area contributed by atoms with Gasteiger partial charge in [0.15, 0.2) is 0 Å². The van der Waals surface area contributed by atoms with Crippen LogP contribution in [0.5, 0.6) is 0 Å². The number of halogens is 1. The summed E-state index contributed by atoms with van der Waals surface area (Å²) in [4.78, 5) is 12.8. The maximum absolute atomic E-state index is 13.1. The van der Waals surface area contributed by atoms with Gasteiger partial charge in [0.05, 0.1) is 6.61 Å². The number of nitrogens with one attached hydrogen (secondary N) is 1. The van der Waals surface area contributed by atoms with Crippen molar-refractivity contribution >= 4 is 38.9 Å². The topological polar surface area (TPSA) is 104 Å². The van der Waals surface area contributed by atoms with Gasteiger partial charge in [0.25, 0.3) is 10.0 Å². The Kier molecular flexibility index (Phi) is 5.47. The van der Waals surface area contributed by atoms with Crippen LogP contribution in [0.25, 0.3) is 10.4 Å². The molecule has 1 fully saturated rings. The van der Waals surface area contributed by atoms with Gasteiger partial charge >= 0.3 is 5.97 Å². The highest BCUT2D eigenvalue weighted by Crippen LogP contribution is 2.58. The zero-order chi connectivity index (χ0) is 22.4. The summed E-state index contributed by atoms with van der Waals surface area (Å²) in [5.41, 5.74) is -0.434. The Morgan fingerprint density at radius 2 is 1.87 bits per heavy atom. The maximum atomic E-state index is 13.1. The zero-order valence-electron chi connectivity index (χ0n) is 16.5. The van der Waals surface area contributed by atoms with Crippen LogP contribution in [0, 0.1) is 0 Å². The van der Waals surface area contributed by atoms with E-state index >= 15 is 0 Å². The van der Waals surface area contributed by atoms with Crippen LogP contribution in [-0.4, -0.2) is 30.1 Å². The van der Waals surface area contributed by atoms with Crippen LogP contribution in [0.4, 0.5) is 0 Å². The predicted octanol–water partition coefficient (Wildman–Crippen LogP) is 4.02. The molecule has 9 heteroatoms. The first-order valence-electron chi connectivity index (χ1n) is 9.45. The first-order chi connectivity index (χ1) is 14.6. The summed E-state index contributed by atoms with van der Waals surface area (Å²) in [5.74, 6) is -1.20. The Morgan fingerprint density at radius 3 is 2.52 bits per heavy atom. The van der Waals surface area contributed by atoms with Gasteiger partial charge < -0.3 is 10.2 Å². The van der Waals surface area contributed by atoms with Crippen LogP contribution in [0.1, 0.15) is 24.5 Å². The molecule has 2 aromatic carbocycles. The van der Waals surface area contributed by atoms with E-state index in [1.807, 2.05) is 18.2 Å². The van der Waals surface area contributed by atoms with E-state index in [4.69, 9.17) is 11.6 Å². The number of carboxylic acids is 1. The van der Waals surface area contributed by atoms with Crippen LogP contribution in [0.3, 0.4) is 0 Å². The molecule has 162 valence electrons. The van der Waals surface area contributed by atoms with Crippen molar-refractivity contribution < 1.29 is 23.4 Å². The molecule has 1 aliphatic carbocycles. The molecule has 0 aliphatic heterocycles. The summed E-state index contributed by atoms with van der Waals surface area (Å²) in [6, 6.07) is 17.2. The molecule has 31 heavy (non-hydrogen) atoms. The normalized spacial score (nSPS) is 22.9. The van der Waals surface area contributed by atoms with Crippen molar-refractivity contribution in [3.05, 3.63) is 76.8 Å². The maximum Gasteiger partial charge on any atom is 0.325 e. The number of aliphatic carboxylic acids is 1. The molecule has 0 bridgehead atoms. The van der Waals surface area contributed by atoms with E-state index in [9.17, 15) is 23.4 Å². The Labute approximate surface area is 189 Å². The third kappa shape index (κ3) is 3.68. The minimum atomic E-state index is -4.08. The fourth-order valence-corrected chi connectivity index (χ4v) is 6.83. The number of rotatable bonds is 7. The standard InChI is InChI=1S/C22H20ClNO5S2/c1-21(16-5-3-2-4-6-16)13-22(21,20(26)27)24-31(28,29)19-10-9-18(30-19)14-7-8-17(23)15(11-14)12-25/h2-11,24-25H,12-13H2,1H3,(H,26,27)/t21-,22-/m1/s1. The van der Waals surface area contributed by atoms with Crippen molar-refractivity contribution in [1.29, 1.82) is 0 Å². The number of benzene rings is 2. The lowest BCUT2D eigenvalue weighted by Crippen LogP contribution is -2.47. The molecule has 0 amide bonds. The molecule has 1 aromatic heterocycles. The highest BCUT2D eigenvalue weighted by atomic mass is 35.5. The van der Waals surface area contributed by atoms with Crippen molar-refractivity contribution in [3.63, 3.8) is 0 Å². The molecule has 3 N–H and O–H groups in total.